The van der Waals surface area contributed by atoms with Gasteiger partial charge in [0.15, 0.2) is 5.78 Å². The quantitative estimate of drug-likeness (QED) is 0.408. The van der Waals surface area contributed by atoms with Crippen molar-refractivity contribution in [2.75, 3.05) is 6.54 Å². The first-order chi connectivity index (χ1) is 15.4. The summed E-state index contributed by atoms with van der Waals surface area (Å²) in [5.41, 5.74) is 2.01. The predicted octanol–water partition coefficient (Wildman–Crippen LogP) is 4.45. The molecule has 1 fully saturated rings. The minimum atomic E-state index is -1.13. The van der Waals surface area contributed by atoms with E-state index in [1.165, 1.54) is 4.88 Å². The van der Waals surface area contributed by atoms with Crippen molar-refractivity contribution in [3.8, 4) is 0 Å². The topological polar surface area (TPSA) is 71.4 Å². The number of nitrogens with one attached hydrogen (secondary N) is 1. The number of benzene rings is 1. The van der Waals surface area contributed by atoms with Gasteiger partial charge in [0, 0.05) is 28.4 Å². The van der Waals surface area contributed by atoms with E-state index in [4.69, 9.17) is 0 Å². The fourth-order valence-corrected chi connectivity index (χ4v) is 5.16. The van der Waals surface area contributed by atoms with Crippen molar-refractivity contribution in [2.24, 2.45) is 0 Å². The molecule has 0 spiro atoms. The van der Waals surface area contributed by atoms with Crippen LogP contribution in [0.15, 0.2) is 53.9 Å². The molecule has 1 atom stereocenters. The van der Waals surface area contributed by atoms with Crippen molar-refractivity contribution < 1.29 is 14.4 Å². The molecule has 1 aliphatic rings. The third-order valence-corrected chi connectivity index (χ3v) is 7.25. The van der Waals surface area contributed by atoms with E-state index in [0.29, 0.717) is 12.0 Å². The van der Waals surface area contributed by atoms with Gasteiger partial charge >= 0.3 is 6.03 Å². The van der Waals surface area contributed by atoms with Crippen LogP contribution in [0.4, 0.5) is 4.79 Å². The summed E-state index contributed by atoms with van der Waals surface area (Å²) in [7, 11) is 0. The van der Waals surface area contributed by atoms with Gasteiger partial charge < -0.3 is 9.88 Å². The summed E-state index contributed by atoms with van der Waals surface area (Å²) >= 11 is 1.72. The monoisotopic (exact) mass is 449 g/mol. The fraction of sp³-hybridized carbons (Fsp3) is 0.320. The van der Waals surface area contributed by atoms with Gasteiger partial charge in [0.2, 0.25) is 0 Å². The van der Waals surface area contributed by atoms with Gasteiger partial charge in [-0.05, 0) is 49.8 Å². The summed E-state index contributed by atoms with van der Waals surface area (Å²) in [5, 5.41) is 4.90. The first-order valence-electron chi connectivity index (χ1n) is 10.8. The molecule has 6 nitrogen and oxygen atoms in total. The van der Waals surface area contributed by atoms with Crippen molar-refractivity contribution in [1.82, 2.24) is 14.8 Å². The molecule has 1 saturated heterocycles. The number of hydrogen-bond donors (Lipinski definition) is 1. The molecule has 2 aromatic heterocycles. The van der Waals surface area contributed by atoms with Gasteiger partial charge in [0.05, 0.1) is 6.54 Å². The van der Waals surface area contributed by atoms with Crippen molar-refractivity contribution >= 4 is 29.1 Å². The first kappa shape index (κ1) is 22.0. The number of ketones is 1. The van der Waals surface area contributed by atoms with Crippen LogP contribution in [0.2, 0.25) is 0 Å². The minimum Gasteiger partial charge on any atom is -0.348 e. The molecule has 0 radical (unpaired) electrons. The van der Waals surface area contributed by atoms with E-state index >= 15 is 0 Å². The molecule has 4 rings (SSSR count). The highest BCUT2D eigenvalue weighted by Crippen LogP contribution is 2.32. The van der Waals surface area contributed by atoms with Crippen LogP contribution in [0.25, 0.3) is 0 Å². The Bertz CT molecular complexity index is 1150. The molecule has 3 amide bonds. The molecule has 7 heteroatoms. The number of urea groups is 1. The molecule has 1 aliphatic heterocycles. The molecular weight excluding hydrogens is 422 g/mol. The van der Waals surface area contributed by atoms with Crippen LogP contribution >= 0.6 is 11.3 Å². The molecule has 1 N–H and O–H groups in total. The fourth-order valence-electron chi connectivity index (χ4n) is 4.46. The molecule has 3 aromatic rings. The Balaban J connectivity index is 1.53. The van der Waals surface area contributed by atoms with E-state index < -0.39 is 11.6 Å². The minimum absolute atomic E-state index is 0.232. The van der Waals surface area contributed by atoms with E-state index in [2.05, 4.69) is 21.3 Å². The number of amides is 3. The van der Waals surface area contributed by atoms with E-state index in [-0.39, 0.29) is 18.2 Å². The highest BCUT2D eigenvalue weighted by Gasteiger charge is 2.51. The smallest absolute Gasteiger partial charge is 0.325 e. The van der Waals surface area contributed by atoms with Crippen LogP contribution in [0.5, 0.6) is 0 Å². The van der Waals surface area contributed by atoms with Crippen LogP contribution < -0.4 is 5.32 Å². The van der Waals surface area contributed by atoms with Gasteiger partial charge in [0.25, 0.3) is 5.91 Å². The number of aromatic nitrogens is 1. The summed E-state index contributed by atoms with van der Waals surface area (Å²) in [4.78, 5) is 41.5. The van der Waals surface area contributed by atoms with Crippen LogP contribution in [-0.2, 0) is 23.3 Å². The van der Waals surface area contributed by atoms with Crippen molar-refractivity contribution in [3.63, 3.8) is 0 Å². The van der Waals surface area contributed by atoms with Crippen LogP contribution in [0.3, 0.4) is 0 Å². The Morgan fingerprint density at radius 2 is 1.84 bits per heavy atom. The van der Waals surface area contributed by atoms with Gasteiger partial charge in [0.1, 0.15) is 5.54 Å². The number of carbonyl (C=O) groups excluding carboxylic acids is 3. The molecule has 0 bridgehead atoms. The van der Waals surface area contributed by atoms with Gasteiger partial charge in [-0.25, -0.2) is 4.79 Å². The van der Waals surface area contributed by atoms with Crippen LogP contribution in [0.1, 0.15) is 45.5 Å². The average Bonchev–Trinajstić information content (AvgIpc) is 3.47. The third-order valence-electron chi connectivity index (χ3n) is 6.31. The van der Waals surface area contributed by atoms with Gasteiger partial charge in [-0.1, -0.05) is 43.3 Å². The lowest BCUT2D eigenvalue weighted by atomic mass is 9.87. The molecule has 166 valence electrons. The second kappa shape index (κ2) is 8.74. The number of nitrogens with zero attached hydrogens (tertiary/aromatic N) is 2. The lowest BCUT2D eigenvalue weighted by Gasteiger charge is -2.25. The number of thiophene rings is 1. The Hall–Kier alpha value is -3.19. The molecule has 0 saturated carbocycles. The van der Waals surface area contributed by atoms with E-state index in [9.17, 15) is 14.4 Å². The predicted molar refractivity (Wildman–Crippen MR) is 125 cm³/mol. The van der Waals surface area contributed by atoms with Gasteiger partial charge in [-0.15, -0.1) is 11.3 Å². The van der Waals surface area contributed by atoms with E-state index in [0.717, 1.165) is 34.8 Å². The summed E-state index contributed by atoms with van der Waals surface area (Å²) in [5.74, 6) is -0.611. The molecular formula is C25H27N3O3S. The van der Waals surface area contributed by atoms with Crippen LogP contribution in [0, 0.1) is 13.8 Å². The van der Waals surface area contributed by atoms with Crippen molar-refractivity contribution in [1.29, 1.82) is 0 Å². The number of carbonyl (C=O) groups is 3. The second-order valence-corrected chi connectivity index (χ2v) is 9.17. The maximum absolute atomic E-state index is 13.3. The number of rotatable bonds is 8. The zero-order valence-electron chi connectivity index (χ0n) is 18.6. The first-order valence-corrected chi connectivity index (χ1v) is 11.7. The Labute approximate surface area is 191 Å². The molecule has 0 unspecified atom stereocenters. The van der Waals surface area contributed by atoms with Gasteiger partial charge in [-0.3, -0.25) is 14.5 Å². The second-order valence-electron chi connectivity index (χ2n) is 8.14. The Kier molecular flexibility index (Phi) is 6.02. The Morgan fingerprint density at radius 3 is 2.50 bits per heavy atom. The number of Topliss-reactive ketones (excluding diaryl/α,β-unsaturated/α-hetero) is 1. The lowest BCUT2D eigenvalue weighted by Crippen LogP contribution is -2.43. The number of imide groups is 1. The normalized spacial score (nSPS) is 18.3. The highest BCUT2D eigenvalue weighted by molar-refractivity contribution is 7.09. The van der Waals surface area contributed by atoms with Crippen molar-refractivity contribution in [3.05, 3.63) is 81.3 Å². The lowest BCUT2D eigenvalue weighted by molar-refractivity contribution is -0.131. The molecule has 3 heterocycles. The molecule has 1 aromatic carbocycles. The largest absolute Gasteiger partial charge is 0.348 e. The number of aryl methyl sites for hydroxylation is 2. The standard InChI is InChI=1S/C25H27N3O3S/c1-4-25(19-9-6-5-7-10-19)23(30)28(24(31)26-25)16-22(29)21-15-17(2)27(18(21)3)13-12-20-11-8-14-32-20/h5-11,14-15H,4,12-13,16H2,1-3H3,(H,26,31)/t25-/m0/s1. The zero-order chi connectivity index (χ0) is 22.9. The zero-order valence-corrected chi connectivity index (χ0v) is 19.4. The van der Waals surface area contributed by atoms with Gasteiger partial charge in [-0.2, -0.15) is 0 Å². The summed E-state index contributed by atoms with van der Waals surface area (Å²) in [6, 6.07) is 14.7. The molecule has 32 heavy (non-hydrogen) atoms. The molecule has 0 aliphatic carbocycles. The summed E-state index contributed by atoms with van der Waals surface area (Å²) in [6.07, 6.45) is 1.30. The van der Waals surface area contributed by atoms with E-state index in [1.807, 2.05) is 63.2 Å². The summed E-state index contributed by atoms with van der Waals surface area (Å²) < 4.78 is 2.12. The maximum Gasteiger partial charge on any atom is 0.325 e. The average molecular weight is 450 g/mol. The van der Waals surface area contributed by atoms with Crippen molar-refractivity contribution in [2.45, 2.75) is 45.7 Å². The van der Waals surface area contributed by atoms with E-state index in [1.54, 1.807) is 11.3 Å². The SMILES string of the molecule is CC[C@@]1(c2ccccc2)NC(=O)N(CC(=O)c2cc(C)n(CCc3cccs3)c2C)C1=O. The van der Waals surface area contributed by atoms with Crippen LogP contribution in [-0.4, -0.2) is 33.7 Å². The highest BCUT2D eigenvalue weighted by atomic mass is 32.1. The number of hydrogen-bond acceptors (Lipinski definition) is 4. The summed E-state index contributed by atoms with van der Waals surface area (Å²) in [6.45, 7) is 6.26. The third kappa shape index (κ3) is 3.77. The Morgan fingerprint density at radius 1 is 1.09 bits per heavy atom. The maximum atomic E-state index is 13.3.